The molecule has 0 spiro atoms. The van der Waals surface area contributed by atoms with E-state index in [4.69, 9.17) is 0 Å². The van der Waals surface area contributed by atoms with Gasteiger partial charge in [0.15, 0.2) is 0 Å². The zero-order valence-electron chi connectivity index (χ0n) is 11.0. The highest BCUT2D eigenvalue weighted by Gasteiger charge is 2.20. The topological polar surface area (TPSA) is 41.1 Å². The Morgan fingerprint density at radius 3 is 3.06 bits per heavy atom. The average Bonchev–Trinajstić information content (AvgIpc) is 2.39. The Balaban J connectivity index is 1.92. The quantitative estimate of drug-likeness (QED) is 0.787. The molecule has 3 nitrogen and oxygen atoms in total. The minimum atomic E-state index is -0.0369. The summed E-state index contributed by atoms with van der Waals surface area (Å²) in [6.45, 7) is 2.88. The van der Waals surface area contributed by atoms with Crippen LogP contribution in [0.15, 0.2) is 24.3 Å². The summed E-state index contributed by atoms with van der Waals surface area (Å²) in [6.07, 6.45) is 5.46. The van der Waals surface area contributed by atoms with Crippen LogP contribution in [0.25, 0.3) is 0 Å². The second kappa shape index (κ2) is 6.43. The van der Waals surface area contributed by atoms with E-state index in [-0.39, 0.29) is 12.1 Å². The third kappa shape index (κ3) is 3.25. The zero-order chi connectivity index (χ0) is 12.8. The fraction of sp³-hybridized carbons (Fsp3) is 0.533. The van der Waals surface area contributed by atoms with Crippen LogP contribution in [-0.4, -0.2) is 12.6 Å². The lowest BCUT2D eigenvalue weighted by Gasteiger charge is -2.26. The van der Waals surface area contributed by atoms with Crippen LogP contribution in [0.2, 0.25) is 0 Å². The average molecular weight is 246 g/mol. The highest BCUT2D eigenvalue weighted by atomic mass is 16.2. The van der Waals surface area contributed by atoms with Crippen LogP contribution < -0.4 is 10.6 Å². The molecule has 1 aromatic rings. The SMILES string of the molecule is CCCCNC(=O)NC1CCCc2ccccc21. The fourth-order valence-electron chi connectivity index (χ4n) is 2.49. The van der Waals surface area contributed by atoms with Gasteiger partial charge in [-0.05, 0) is 36.8 Å². The lowest BCUT2D eigenvalue weighted by molar-refractivity contribution is 0.235. The van der Waals surface area contributed by atoms with Crippen molar-refractivity contribution in [3.8, 4) is 0 Å². The number of aryl methyl sites for hydroxylation is 1. The predicted molar refractivity (Wildman–Crippen MR) is 73.6 cm³/mol. The second-order valence-corrected chi connectivity index (χ2v) is 4.90. The predicted octanol–water partition coefficient (Wildman–Crippen LogP) is 3.16. The largest absolute Gasteiger partial charge is 0.338 e. The van der Waals surface area contributed by atoms with E-state index in [9.17, 15) is 4.79 Å². The minimum absolute atomic E-state index is 0.0369. The maximum atomic E-state index is 11.8. The van der Waals surface area contributed by atoms with E-state index in [1.807, 2.05) is 6.07 Å². The summed E-state index contributed by atoms with van der Waals surface area (Å²) in [6, 6.07) is 8.56. The maximum absolute atomic E-state index is 11.8. The zero-order valence-corrected chi connectivity index (χ0v) is 11.0. The first-order valence-corrected chi connectivity index (χ1v) is 6.93. The molecule has 0 aliphatic heterocycles. The van der Waals surface area contributed by atoms with Crippen LogP contribution in [0.1, 0.15) is 49.8 Å². The van der Waals surface area contributed by atoms with Crippen LogP contribution in [0.4, 0.5) is 4.79 Å². The summed E-state index contributed by atoms with van der Waals surface area (Å²) >= 11 is 0. The first kappa shape index (κ1) is 12.9. The first-order chi connectivity index (χ1) is 8.81. The smallest absolute Gasteiger partial charge is 0.315 e. The van der Waals surface area contributed by atoms with Crippen molar-refractivity contribution in [2.45, 2.75) is 45.1 Å². The first-order valence-electron chi connectivity index (χ1n) is 6.93. The van der Waals surface area contributed by atoms with Crippen molar-refractivity contribution in [2.75, 3.05) is 6.54 Å². The molecule has 0 heterocycles. The number of hydrogen-bond donors (Lipinski definition) is 2. The molecular weight excluding hydrogens is 224 g/mol. The van der Waals surface area contributed by atoms with Gasteiger partial charge in [0.1, 0.15) is 0 Å². The molecule has 1 aliphatic carbocycles. The molecule has 1 unspecified atom stereocenters. The number of amides is 2. The Morgan fingerprint density at radius 2 is 2.22 bits per heavy atom. The minimum Gasteiger partial charge on any atom is -0.338 e. The highest BCUT2D eigenvalue weighted by Crippen LogP contribution is 2.29. The van der Waals surface area contributed by atoms with Gasteiger partial charge in [0.25, 0.3) is 0 Å². The molecule has 98 valence electrons. The van der Waals surface area contributed by atoms with E-state index in [1.54, 1.807) is 0 Å². The number of carbonyl (C=O) groups excluding carboxylic acids is 1. The molecule has 2 amide bonds. The Morgan fingerprint density at radius 1 is 1.39 bits per heavy atom. The molecule has 2 rings (SSSR count). The van der Waals surface area contributed by atoms with E-state index in [1.165, 1.54) is 11.1 Å². The summed E-state index contributed by atoms with van der Waals surface area (Å²) in [7, 11) is 0. The molecule has 18 heavy (non-hydrogen) atoms. The van der Waals surface area contributed by atoms with Gasteiger partial charge < -0.3 is 10.6 Å². The van der Waals surface area contributed by atoms with Gasteiger partial charge in [-0.1, -0.05) is 37.6 Å². The Labute approximate surface area is 109 Å². The van der Waals surface area contributed by atoms with Crippen molar-refractivity contribution >= 4 is 6.03 Å². The Hall–Kier alpha value is -1.51. The summed E-state index contributed by atoms with van der Waals surface area (Å²) in [5, 5.41) is 6.00. The number of benzene rings is 1. The molecule has 1 aromatic carbocycles. The van der Waals surface area contributed by atoms with Crippen LogP contribution in [0, 0.1) is 0 Å². The molecule has 1 aliphatic rings. The van der Waals surface area contributed by atoms with Crippen LogP contribution in [-0.2, 0) is 6.42 Å². The van der Waals surface area contributed by atoms with Crippen LogP contribution in [0.5, 0.6) is 0 Å². The summed E-state index contributed by atoms with van der Waals surface area (Å²) in [4.78, 5) is 11.8. The van der Waals surface area contributed by atoms with Gasteiger partial charge in [-0.3, -0.25) is 0 Å². The van der Waals surface area contributed by atoms with Crippen molar-refractivity contribution < 1.29 is 4.79 Å². The standard InChI is InChI=1S/C15H22N2O/c1-2-3-11-16-15(18)17-14-10-6-8-12-7-4-5-9-13(12)14/h4-5,7,9,14H,2-3,6,8,10-11H2,1H3,(H2,16,17,18). The molecule has 0 fully saturated rings. The fourth-order valence-corrected chi connectivity index (χ4v) is 2.49. The van der Waals surface area contributed by atoms with E-state index in [0.29, 0.717) is 0 Å². The second-order valence-electron chi connectivity index (χ2n) is 4.90. The van der Waals surface area contributed by atoms with Crippen molar-refractivity contribution in [2.24, 2.45) is 0 Å². The lowest BCUT2D eigenvalue weighted by atomic mass is 9.88. The Kier molecular flexibility index (Phi) is 4.62. The molecule has 0 saturated heterocycles. The monoisotopic (exact) mass is 246 g/mol. The molecular formula is C15H22N2O. The van der Waals surface area contributed by atoms with Gasteiger partial charge in [-0.25, -0.2) is 4.79 Å². The van der Waals surface area contributed by atoms with Crippen molar-refractivity contribution in [3.63, 3.8) is 0 Å². The van der Waals surface area contributed by atoms with Crippen LogP contribution >= 0.6 is 0 Å². The van der Waals surface area contributed by atoms with Crippen LogP contribution in [0.3, 0.4) is 0 Å². The summed E-state index contributed by atoms with van der Waals surface area (Å²) in [5.41, 5.74) is 2.66. The summed E-state index contributed by atoms with van der Waals surface area (Å²) in [5.74, 6) is 0. The van der Waals surface area contributed by atoms with E-state index < -0.39 is 0 Å². The molecule has 1 atom stereocenters. The number of fused-ring (bicyclic) bond motifs is 1. The van der Waals surface area contributed by atoms with E-state index in [2.05, 4.69) is 35.8 Å². The Bertz CT molecular complexity index is 403. The van der Waals surface area contributed by atoms with E-state index >= 15 is 0 Å². The van der Waals surface area contributed by atoms with Gasteiger partial charge in [0, 0.05) is 6.54 Å². The van der Waals surface area contributed by atoms with Crippen molar-refractivity contribution in [3.05, 3.63) is 35.4 Å². The number of urea groups is 1. The number of unbranched alkanes of at least 4 members (excludes halogenated alkanes) is 1. The van der Waals surface area contributed by atoms with Crippen molar-refractivity contribution in [1.29, 1.82) is 0 Å². The molecule has 0 saturated carbocycles. The van der Waals surface area contributed by atoms with Crippen molar-refractivity contribution in [1.82, 2.24) is 10.6 Å². The third-order valence-electron chi connectivity index (χ3n) is 3.49. The van der Waals surface area contributed by atoms with Gasteiger partial charge in [0.2, 0.25) is 0 Å². The molecule has 3 heteroatoms. The van der Waals surface area contributed by atoms with Gasteiger partial charge in [-0.15, -0.1) is 0 Å². The van der Waals surface area contributed by atoms with Gasteiger partial charge in [-0.2, -0.15) is 0 Å². The number of rotatable bonds is 4. The molecule has 2 N–H and O–H groups in total. The molecule has 0 bridgehead atoms. The number of carbonyl (C=O) groups is 1. The lowest BCUT2D eigenvalue weighted by Crippen LogP contribution is -2.39. The maximum Gasteiger partial charge on any atom is 0.315 e. The number of nitrogens with one attached hydrogen (secondary N) is 2. The molecule has 0 aromatic heterocycles. The highest BCUT2D eigenvalue weighted by molar-refractivity contribution is 5.74. The van der Waals surface area contributed by atoms with Gasteiger partial charge in [0.05, 0.1) is 6.04 Å². The van der Waals surface area contributed by atoms with E-state index in [0.717, 1.165) is 38.6 Å². The number of hydrogen-bond acceptors (Lipinski definition) is 1. The molecule has 0 radical (unpaired) electrons. The normalized spacial score (nSPS) is 17.9. The summed E-state index contributed by atoms with van der Waals surface area (Å²) < 4.78 is 0. The third-order valence-corrected chi connectivity index (χ3v) is 3.49. The van der Waals surface area contributed by atoms with Gasteiger partial charge >= 0.3 is 6.03 Å².